The summed E-state index contributed by atoms with van der Waals surface area (Å²) in [7, 11) is 0. The molecule has 0 saturated heterocycles. The van der Waals surface area contributed by atoms with E-state index in [0.717, 1.165) is 17.5 Å². The number of hydrogen-bond donors (Lipinski definition) is 2. The number of carboxylic acids is 1. The molecule has 2 aliphatic carbocycles. The van der Waals surface area contributed by atoms with Crippen molar-refractivity contribution in [3.63, 3.8) is 0 Å². The van der Waals surface area contributed by atoms with Crippen LogP contribution in [0.2, 0.25) is 5.02 Å². The van der Waals surface area contributed by atoms with Gasteiger partial charge in [0.15, 0.2) is 0 Å². The van der Waals surface area contributed by atoms with Gasteiger partial charge in [0, 0.05) is 11.7 Å². The fourth-order valence-corrected chi connectivity index (χ4v) is 3.68. The minimum atomic E-state index is -0.980. The van der Waals surface area contributed by atoms with E-state index in [-0.39, 0.29) is 5.56 Å². The molecule has 3 atom stereocenters. The van der Waals surface area contributed by atoms with Gasteiger partial charge in [-0.3, -0.25) is 0 Å². The second-order valence-corrected chi connectivity index (χ2v) is 5.83. The number of carboxylic acid groups (broad SMARTS) is 1. The molecule has 0 spiro atoms. The van der Waals surface area contributed by atoms with Gasteiger partial charge in [-0.1, -0.05) is 18.0 Å². The Balaban J connectivity index is 1.74. The molecular weight excluding hydrogens is 250 g/mol. The van der Waals surface area contributed by atoms with Crippen LogP contribution in [0.25, 0.3) is 0 Å². The predicted octanol–water partition coefficient (Wildman–Crippen LogP) is 3.64. The first-order valence-corrected chi connectivity index (χ1v) is 6.80. The molecule has 18 heavy (non-hydrogen) atoms. The lowest BCUT2D eigenvalue weighted by atomic mass is 9.95. The number of nitrogens with one attached hydrogen (secondary N) is 1. The molecule has 0 heterocycles. The van der Waals surface area contributed by atoms with Gasteiger partial charge in [0.25, 0.3) is 0 Å². The van der Waals surface area contributed by atoms with E-state index in [1.165, 1.54) is 25.7 Å². The number of hydrogen-bond acceptors (Lipinski definition) is 2. The van der Waals surface area contributed by atoms with Crippen LogP contribution in [0.1, 0.15) is 36.0 Å². The van der Waals surface area contributed by atoms with Crippen LogP contribution >= 0.6 is 11.6 Å². The minimum Gasteiger partial charge on any atom is -0.478 e. The zero-order chi connectivity index (χ0) is 12.7. The van der Waals surface area contributed by atoms with Gasteiger partial charge in [-0.05, 0) is 49.3 Å². The molecule has 2 saturated carbocycles. The van der Waals surface area contributed by atoms with Crippen molar-refractivity contribution in [1.82, 2.24) is 0 Å². The molecule has 0 radical (unpaired) electrons. The zero-order valence-corrected chi connectivity index (χ0v) is 10.8. The summed E-state index contributed by atoms with van der Waals surface area (Å²) in [6, 6.07) is 5.63. The highest BCUT2D eigenvalue weighted by Gasteiger charge is 2.39. The predicted molar refractivity (Wildman–Crippen MR) is 71.3 cm³/mol. The van der Waals surface area contributed by atoms with Gasteiger partial charge in [-0.2, -0.15) is 0 Å². The highest BCUT2D eigenvalue weighted by molar-refractivity contribution is 6.33. The summed E-state index contributed by atoms with van der Waals surface area (Å²) in [6.45, 7) is 0. The van der Waals surface area contributed by atoms with E-state index in [9.17, 15) is 4.79 Å². The summed E-state index contributed by atoms with van der Waals surface area (Å²) >= 11 is 5.97. The van der Waals surface area contributed by atoms with Gasteiger partial charge in [-0.25, -0.2) is 4.79 Å². The number of rotatable bonds is 3. The quantitative estimate of drug-likeness (QED) is 0.877. The van der Waals surface area contributed by atoms with Gasteiger partial charge in [0.1, 0.15) is 0 Å². The lowest BCUT2D eigenvalue weighted by Crippen LogP contribution is -2.25. The molecule has 0 amide bonds. The number of anilines is 1. The standard InChI is InChI=1S/C14H16ClNO2/c15-12-7-10(3-4-11(12)14(17)18)16-13-6-8-1-2-9(13)5-8/h3-4,7-9,13,16H,1-2,5-6H2,(H,17,18). The maximum absolute atomic E-state index is 10.9. The van der Waals surface area contributed by atoms with Crippen molar-refractivity contribution in [2.45, 2.75) is 31.7 Å². The van der Waals surface area contributed by atoms with E-state index in [4.69, 9.17) is 16.7 Å². The Hall–Kier alpha value is -1.22. The van der Waals surface area contributed by atoms with E-state index < -0.39 is 5.97 Å². The molecule has 4 heteroatoms. The van der Waals surface area contributed by atoms with Crippen LogP contribution in [-0.4, -0.2) is 17.1 Å². The second kappa shape index (κ2) is 4.47. The summed E-state index contributed by atoms with van der Waals surface area (Å²) in [5, 5.41) is 12.7. The van der Waals surface area contributed by atoms with E-state index in [2.05, 4.69) is 5.32 Å². The average molecular weight is 266 g/mol. The van der Waals surface area contributed by atoms with Crippen LogP contribution in [0.3, 0.4) is 0 Å². The Labute approximate surface area is 111 Å². The summed E-state index contributed by atoms with van der Waals surface area (Å²) in [4.78, 5) is 10.9. The fourth-order valence-electron chi connectivity index (χ4n) is 3.41. The normalized spacial score (nSPS) is 29.5. The van der Waals surface area contributed by atoms with Crippen molar-refractivity contribution in [2.75, 3.05) is 5.32 Å². The van der Waals surface area contributed by atoms with Crippen LogP contribution in [0.4, 0.5) is 5.69 Å². The Kier molecular flexibility index (Phi) is 2.94. The van der Waals surface area contributed by atoms with Gasteiger partial charge >= 0.3 is 5.97 Å². The Morgan fingerprint density at radius 2 is 2.17 bits per heavy atom. The monoisotopic (exact) mass is 265 g/mol. The maximum atomic E-state index is 10.9. The van der Waals surface area contributed by atoms with Crippen molar-refractivity contribution in [2.24, 2.45) is 11.8 Å². The Morgan fingerprint density at radius 1 is 1.33 bits per heavy atom. The third-order valence-corrected chi connectivity index (χ3v) is 4.60. The average Bonchev–Trinajstić information content (AvgIpc) is 2.90. The minimum absolute atomic E-state index is 0.162. The first-order valence-electron chi connectivity index (χ1n) is 6.43. The van der Waals surface area contributed by atoms with E-state index in [1.807, 2.05) is 0 Å². The SMILES string of the molecule is O=C(O)c1ccc(NC2CC3CCC2C3)cc1Cl. The summed E-state index contributed by atoms with van der Waals surface area (Å²) in [5.74, 6) is 0.695. The second-order valence-electron chi connectivity index (χ2n) is 5.43. The number of aromatic carboxylic acids is 1. The third kappa shape index (κ3) is 2.07. The molecule has 0 aliphatic heterocycles. The van der Waals surface area contributed by atoms with Gasteiger partial charge in [0.05, 0.1) is 10.6 Å². The van der Waals surface area contributed by atoms with E-state index in [1.54, 1.807) is 18.2 Å². The van der Waals surface area contributed by atoms with Crippen LogP contribution in [-0.2, 0) is 0 Å². The molecule has 2 N–H and O–H groups in total. The van der Waals surface area contributed by atoms with Crippen LogP contribution in [0.5, 0.6) is 0 Å². The number of fused-ring (bicyclic) bond motifs is 2. The smallest absolute Gasteiger partial charge is 0.337 e. The topological polar surface area (TPSA) is 49.3 Å². The lowest BCUT2D eigenvalue weighted by Gasteiger charge is -2.24. The summed E-state index contributed by atoms with van der Waals surface area (Å²) in [5.41, 5.74) is 1.10. The van der Waals surface area contributed by atoms with Crippen molar-refractivity contribution < 1.29 is 9.90 Å². The molecular formula is C14H16ClNO2. The molecule has 96 valence electrons. The van der Waals surface area contributed by atoms with Crippen molar-refractivity contribution in [3.8, 4) is 0 Å². The highest BCUT2D eigenvalue weighted by atomic mass is 35.5. The van der Waals surface area contributed by atoms with Crippen LogP contribution in [0.15, 0.2) is 18.2 Å². The number of carbonyl (C=O) groups is 1. The first kappa shape index (κ1) is 11.8. The fraction of sp³-hybridized carbons (Fsp3) is 0.500. The van der Waals surface area contributed by atoms with Crippen molar-refractivity contribution in [1.29, 1.82) is 0 Å². The molecule has 2 bridgehead atoms. The Bertz CT molecular complexity index is 489. The zero-order valence-electron chi connectivity index (χ0n) is 10.0. The lowest BCUT2D eigenvalue weighted by molar-refractivity contribution is 0.0697. The van der Waals surface area contributed by atoms with Gasteiger partial charge in [0.2, 0.25) is 0 Å². The van der Waals surface area contributed by atoms with Gasteiger partial charge < -0.3 is 10.4 Å². The third-order valence-electron chi connectivity index (χ3n) is 4.29. The molecule has 0 aromatic heterocycles. The number of benzene rings is 1. The molecule has 3 unspecified atom stereocenters. The molecule has 2 aliphatic rings. The van der Waals surface area contributed by atoms with E-state index >= 15 is 0 Å². The van der Waals surface area contributed by atoms with E-state index in [0.29, 0.717) is 11.1 Å². The molecule has 1 aromatic rings. The van der Waals surface area contributed by atoms with Crippen LogP contribution < -0.4 is 5.32 Å². The number of halogens is 1. The first-order chi connectivity index (χ1) is 8.63. The summed E-state index contributed by atoms with van der Waals surface area (Å²) in [6.07, 6.45) is 5.28. The van der Waals surface area contributed by atoms with Crippen molar-refractivity contribution >= 4 is 23.3 Å². The molecule has 1 aromatic carbocycles. The molecule has 3 nitrogen and oxygen atoms in total. The van der Waals surface area contributed by atoms with Gasteiger partial charge in [-0.15, -0.1) is 0 Å². The van der Waals surface area contributed by atoms with Crippen LogP contribution in [0, 0.1) is 11.8 Å². The summed E-state index contributed by atoms with van der Waals surface area (Å²) < 4.78 is 0. The highest BCUT2D eigenvalue weighted by Crippen LogP contribution is 2.45. The largest absolute Gasteiger partial charge is 0.478 e. The maximum Gasteiger partial charge on any atom is 0.337 e. The Morgan fingerprint density at radius 3 is 2.72 bits per heavy atom. The molecule has 3 rings (SSSR count). The molecule has 2 fully saturated rings. The van der Waals surface area contributed by atoms with Crippen molar-refractivity contribution in [3.05, 3.63) is 28.8 Å².